The topological polar surface area (TPSA) is 55.1 Å². The number of hydrogen-bond acceptors (Lipinski definition) is 1. The fraction of sp³-hybridized carbons (Fsp3) is 0.182. The zero-order valence-electron chi connectivity index (χ0n) is 8.42. The molecule has 0 radical (unpaired) electrons. The van der Waals surface area contributed by atoms with Crippen molar-refractivity contribution in [2.75, 3.05) is 5.32 Å². The van der Waals surface area contributed by atoms with Crippen molar-refractivity contribution in [2.24, 2.45) is 5.73 Å². The summed E-state index contributed by atoms with van der Waals surface area (Å²) in [5.74, 6) is 0. The van der Waals surface area contributed by atoms with E-state index in [-0.39, 0.29) is 0 Å². The number of rotatable bonds is 2. The predicted molar refractivity (Wildman–Crippen MR) is 59.2 cm³/mol. The minimum absolute atomic E-state index is 0.539. The average molecular weight is 190 g/mol. The van der Waals surface area contributed by atoms with Crippen molar-refractivity contribution in [1.29, 1.82) is 0 Å². The van der Waals surface area contributed by atoms with Gasteiger partial charge >= 0.3 is 6.03 Å². The van der Waals surface area contributed by atoms with Crippen LogP contribution in [-0.4, -0.2) is 6.03 Å². The number of nitrogens with two attached hydrogens (primary N) is 1. The largest absolute Gasteiger partial charge is 0.351 e. The summed E-state index contributed by atoms with van der Waals surface area (Å²) in [6, 6.07) is 3.36. The first-order chi connectivity index (χ1) is 6.54. The van der Waals surface area contributed by atoms with E-state index in [1.807, 2.05) is 26.0 Å². The van der Waals surface area contributed by atoms with Gasteiger partial charge in [-0.15, -0.1) is 0 Å². The van der Waals surface area contributed by atoms with Crippen LogP contribution in [0.5, 0.6) is 0 Å². The summed E-state index contributed by atoms with van der Waals surface area (Å²) < 4.78 is 0. The first kappa shape index (κ1) is 10.3. The maximum Gasteiger partial charge on any atom is 0.316 e. The fourth-order valence-electron chi connectivity index (χ4n) is 1.44. The van der Waals surface area contributed by atoms with Crippen molar-refractivity contribution in [2.45, 2.75) is 13.8 Å². The van der Waals surface area contributed by atoms with E-state index >= 15 is 0 Å². The van der Waals surface area contributed by atoms with Gasteiger partial charge in [-0.2, -0.15) is 0 Å². The Labute approximate surface area is 83.6 Å². The van der Waals surface area contributed by atoms with Crippen molar-refractivity contribution in [3.8, 4) is 0 Å². The van der Waals surface area contributed by atoms with E-state index in [0.29, 0.717) is 0 Å². The first-order valence-electron chi connectivity index (χ1n) is 4.34. The first-order valence-corrected chi connectivity index (χ1v) is 4.34. The van der Waals surface area contributed by atoms with Gasteiger partial charge in [0.1, 0.15) is 0 Å². The maximum absolute atomic E-state index is 10.7. The van der Waals surface area contributed by atoms with Crippen molar-refractivity contribution in [1.82, 2.24) is 0 Å². The molecule has 0 aliphatic carbocycles. The predicted octanol–water partition coefficient (Wildman–Crippen LogP) is 2.44. The van der Waals surface area contributed by atoms with Gasteiger partial charge in [0, 0.05) is 5.69 Å². The van der Waals surface area contributed by atoms with Crippen molar-refractivity contribution in [3.63, 3.8) is 0 Å². The standard InChI is InChI=1S/C11H14N2O/c1-4-9-5-7(2)10(8(3)6-9)13-11(12)14/h4-6H,1H2,2-3H3,(H3,12,13,14). The van der Waals surface area contributed by atoms with Crippen LogP contribution in [0.4, 0.5) is 10.5 Å². The van der Waals surface area contributed by atoms with Gasteiger partial charge in [0.25, 0.3) is 0 Å². The van der Waals surface area contributed by atoms with E-state index in [9.17, 15) is 4.79 Å². The highest BCUT2D eigenvalue weighted by atomic mass is 16.2. The molecule has 0 unspecified atom stereocenters. The Kier molecular flexibility index (Phi) is 2.92. The van der Waals surface area contributed by atoms with Crippen LogP contribution in [0, 0.1) is 13.8 Å². The van der Waals surface area contributed by atoms with Gasteiger partial charge in [-0.3, -0.25) is 0 Å². The zero-order chi connectivity index (χ0) is 10.7. The molecule has 0 aliphatic rings. The summed E-state index contributed by atoms with van der Waals surface area (Å²) in [5, 5.41) is 2.60. The molecule has 0 aromatic heterocycles. The van der Waals surface area contributed by atoms with Crippen LogP contribution in [0.15, 0.2) is 18.7 Å². The van der Waals surface area contributed by atoms with Crippen LogP contribution in [0.25, 0.3) is 6.08 Å². The van der Waals surface area contributed by atoms with Crippen molar-refractivity contribution >= 4 is 17.8 Å². The number of carbonyl (C=O) groups is 1. The molecule has 0 saturated carbocycles. The molecule has 1 rings (SSSR count). The normalized spacial score (nSPS) is 9.57. The minimum Gasteiger partial charge on any atom is -0.351 e. The van der Waals surface area contributed by atoms with Gasteiger partial charge in [0.15, 0.2) is 0 Å². The lowest BCUT2D eigenvalue weighted by molar-refractivity contribution is 0.259. The fourth-order valence-corrected chi connectivity index (χ4v) is 1.44. The third-order valence-corrected chi connectivity index (χ3v) is 2.04. The van der Waals surface area contributed by atoms with Gasteiger partial charge in [0.05, 0.1) is 0 Å². The Bertz CT molecular complexity index is 360. The number of anilines is 1. The molecule has 0 aliphatic heterocycles. The summed E-state index contributed by atoms with van der Waals surface area (Å²) in [6.45, 7) is 7.54. The van der Waals surface area contributed by atoms with Crippen LogP contribution >= 0.6 is 0 Å². The zero-order valence-corrected chi connectivity index (χ0v) is 8.42. The molecule has 0 saturated heterocycles. The minimum atomic E-state index is -0.539. The molecule has 2 amide bonds. The molecule has 0 spiro atoms. The number of benzene rings is 1. The van der Waals surface area contributed by atoms with E-state index in [1.54, 1.807) is 6.08 Å². The van der Waals surface area contributed by atoms with Crippen LogP contribution in [-0.2, 0) is 0 Å². The van der Waals surface area contributed by atoms with Crippen LogP contribution < -0.4 is 11.1 Å². The van der Waals surface area contributed by atoms with Gasteiger partial charge < -0.3 is 11.1 Å². The van der Waals surface area contributed by atoms with Gasteiger partial charge in [-0.05, 0) is 42.7 Å². The molecule has 3 heteroatoms. The summed E-state index contributed by atoms with van der Waals surface area (Å²) >= 11 is 0. The van der Waals surface area contributed by atoms with Gasteiger partial charge in [-0.25, -0.2) is 4.79 Å². The second-order valence-electron chi connectivity index (χ2n) is 3.22. The van der Waals surface area contributed by atoms with Gasteiger partial charge in [0.2, 0.25) is 0 Å². The maximum atomic E-state index is 10.7. The second kappa shape index (κ2) is 3.96. The summed E-state index contributed by atoms with van der Waals surface area (Å²) in [5.41, 5.74) is 8.85. The molecule has 1 aromatic carbocycles. The number of hydrogen-bond donors (Lipinski definition) is 2. The van der Waals surface area contributed by atoms with E-state index in [0.717, 1.165) is 22.4 Å². The molecule has 1 aromatic rings. The smallest absolute Gasteiger partial charge is 0.316 e. The summed E-state index contributed by atoms with van der Waals surface area (Å²) in [6.07, 6.45) is 1.77. The Balaban J connectivity index is 3.17. The number of urea groups is 1. The summed E-state index contributed by atoms with van der Waals surface area (Å²) in [7, 11) is 0. The lowest BCUT2D eigenvalue weighted by atomic mass is 10.0. The van der Waals surface area contributed by atoms with Gasteiger partial charge in [-0.1, -0.05) is 12.7 Å². The molecule has 0 heterocycles. The third kappa shape index (κ3) is 2.13. The highest BCUT2D eigenvalue weighted by molar-refractivity contribution is 5.90. The molecule has 14 heavy (non-hydrogen) atoms. The van der Waals surface area contributed by atoms with Crippen LogP contribution in [0.2, 0.25) is 0 Å². The van der Waals surface area contributed by atoms with E-state index in [1.165, 1.54) is 0 Å². The molecule has 0 bridgehead atoms. The van der Waals surface area contributed by atoms with Crippen molar-refractivity contribution < 1.29 is 4.79 Å². The average Bonchev–Trinajstić information content (AvgIpc) is 2.10. The quantitative estimate of drug-likeness (QED) is 0.739. The van der Waals surface area contributed by atoms with E-state index in [4.69, 9.17) is 5.73 Å². The molecule has 0 atom stereocenters. The Morgan fingerprint density at radius 3 is 2.29 bits per heavy atom. The number of carbonyl (C=O) groups excluding carboxylic acids is 1. The van der Waals surface area contributed by atoms with Crippen LogP contribution in [0.1, 0.15) is 16.7 Å². The molecular formula is C11H14N2O. The molecular weight excluding hydrogens is 176 g/mol. The molecule has 74 valence electrons. The molecule has 3 N–H and O–H groups in total. The molecule has 3 nitrogen and oxygen atoms in total. The highest BCUT2D eigenvalue weighted by Crippen LogP contribution is 2.22. The number of amides is 2. The SMILES string of the molecule is C=Cc1cc(C)c(NC(N)=O)c(C)c1. The molecule has 0 fully saturated rings. The monoisotopic (exact) mass is 190 g/mol. The third-order valence-electron chi connectivity index (χ3n) is 2.04. The van der Waals surface area contributed by atoms with Crippen molar-refractivity contribution in [3.05, 3.63) is 35.4 Å². The van der Waals surface area contributed by atoms with E-state index < -0.39 is 6.03 Å². The lowest BCUT2D eigenvalue weighted by Gasteiger charge is -2.10. The highest BCUT2D eigenvalue weighted by Gasteiger charge is 2.05. The van der Waals surface area contributed by atoms with Crippen LogP contribution in [0.3, 0.4) is 0 Å². The lowest BCUT2D eigenvalue weighted by Crippen LogP contribution is -2.20. The Morgan fingerprint density at radius 1 is 1.43 bits per heavy atom. The Hall–Kier alpha value is -1.77. The number of primary amides is 1. The number of nitrogens with one attached hydrogen (secondary N) is 1. The number of aryl methyl sites for hydroxylation is 2. The van der Waals surface area contributed by atoms with E-state index in [2.05, 4.69) is 11.9 Å². The Morgan fingerprint density at radius 2 is 1.93 bits per heavy atom. The second-order valence-corrected chi connectivity index (χ2v) is 3.22. The summed E-state index contributed by atoms with van der Waals surface area (Å²) in [4.78, 5) is 10.7.